The number of hydrogen-bond acceptors (Lipinski definition) is 5. The van der Waals surface area contributed by atoms with E-state index in [1.54, 1.807) is 31.3 Å². The minimum atomic E-state index is -3.03. The molecule has 152 valence electrons. The minimum Gasteiger partial charge on any atom is -0.487 e. The van der Waals surface area contributed by atoms with Crippen molar-refractivity contribution in [3.63, 3.8) is 0 Å². The molecule has 0 radical (unpaired) electrons. The first-order chi connectivity index (χ1) is 13.8. The third-order valence-electron chi connectivity index (χ3n) is 5.21. The Morgan fingerprint density at radius 2 is 1.97 bits per heavy atom. The summed E-state index contributed by atoms with van der Waals surface area (Å²) in [5.74, 6) is 0.634. The van der Waals surface area contributed by atoms with Crippen LogP contribution < -0.4 is 4.74 Å². The lowest BCUT2D eigenvalue weighted by atomic mass is 10.1. The number of rotatable bonds is 5. The van der Waals surface area contributed by atoms with Crippen molar-refractivity contribution in [2.24, 2.45) is 0 Å². The SMILES string of the molecule is Cc1ccc2nc(COc3ccc(C(=O)N(C)[C@H]4CCS(=O)(=O)C4)cc3)cn2c1. The van der Waals surface area contributed by atoms with Gasteiger partial charge in [0.15, 0.2) is 9.84 Å². The van der Waals surface area contributed by atoms with Crippen LogP contribution in [0.3, 0.4) is 0 Å². The number of nitrogens with zero attached hydrogens (tertiary/aromatic N) is 3. The van der Waals surface area contributed by atoms with Gasteiger partial charge in [-0.3, -0.25) is 4.79 Å². The number of fused-ring (bicyclic) bond motifs is 1. The van der Waals surface area contributed by atoms with Crippen molar-refractivity contribution in [1.29, 1.82) is 0 Å². The summed E-state index contributed by atoms with van der Waals surface area (Å²) in [6.45, 7) is 2.36. The van der Waals surface area contributed by atoms with Crippen molar-refractivity contribution < 1.29 is 17.9 Å². The van der Waals surface area contributed by atoms with Crippen LogP contribution in [0.25, 0.3) is 5.65 Å². The molecule has 1 amide bonds. The molecular weight excluding hydrogens is 390 g/mol. The van der Waals surface area contributed by atoms with E-state index in [4.69, 9.17) is 4.74 Å². The molecular formula is C21H23N3O4S. The van der Waals surface area contributed by atoms with Gasteiger partial charge in [0.1, 0.15) is 18.0 Å². The Morgan fingerprint density at radius 1 is 1.21 bits per heavy atom. The number of amides is 1. The zero-order chi connectivity index (χ0) is 20.6. The van der Waals surface area contributed by atoms with Crippen molar-refractivity contribution in [1.82, 2.24) is 14.3 Å². The first kappa shape index (κ1) is 19.4. The molecule has 3 aromatic rings. The minimum absolute atomic E-state index is 0.0367. The lowest BCUT2D eigenvalue weighted by Crippen LogP contribution is -2.37. The first-order valence-electron chi connectivity index (χ1n) is 9.45. The number of carbonyl (C=O) groups excluding carboxylic acids is 1. The van der Waals surface area contributed by atoms with E-state index in [1.165, 1.54) is 4.90 Å². The van der Waals surface area contributed by atoms with Crippen LogP contribution >= 0.6 is 0 Å². The number of carbonyl (C=O) groups is 1. The standard InChI is InChI=1S/C21H23N3O4S/c1-15-3-8-20-22-17(12-24(20)11-15)13-28-19-6-4-16(5-7-19)21(25)23(2)18-9-10-29(26,27)14-18/h3-8,11-12,18H,9-10,13-14H2,1-2H3/t18-/m0/s1. The normalized spacial score (nSPS) is 18.1. The highest BCUT2D eigenvalue weighted by Gasteiger charge is 2.33. The third kappa shape index (κ3) is 4.27. The second-order valence-corrected chi connectivity index (χ2v) is 9.72. The van der Waals surface area contributed by atoms with Gasteiger partial charge in [-0.15, -0.1) is 0 Å². The number of sulfone groups is 1. The van der Waals surface area contributed by atoms with E-state index in [0.29, 0.717) is 24.3 Å². The fraction of sp³-hybridized carbons (Fsp3) is 0.333. The number of aromatic nitrogens is 2. The van der Waals surface area contributed by atoms with Gasteiger partial charge in [-0.2, -0.15) is 0 Å². The maximum absolute atomic E-state index is 12.6. The molecule has 4 rings (SSSR count). The van der Waals surface area contributed by atoms with Gasteiger partial charge < -0.3 is 14.0 Å². The topological polar surface area (TPSA) is 81.0 Å². The van der Waals surface area contributed by atoms with Gasteiger partial charge in [0, 0.05) is 31.0 Å². The van der Waals surface area contributed by atoms with Crippen LogP contribution in [-0.4, -0.2) is 53.2 Å². The number of imidazole rings is 1. The van der Waals surface area contributed by atoms with Gasteiger partial charge >= 0.3 is 0 Å². The van der Waals surface area contributed by atoms with Crippen LogP contribution in [0.4, 0.5) is 0 Å². The zero-order valence-corrected chi connectivity index (χ0v) is 17.2. The molecule has 0 N–H and O–H groups in total. The first-order valence-corrected chi connectivity index (χ1v) is 11.3. The molecule has 1 aromatic carbocycles. The van der Waals surface area contributed by atoms with Crippen LogP contribution in [0.1, 0.15) is 28.0 Å². The number of hydrogen-bond donors (Lipinski definition) is 0. The van der Waals surface area contributed by atoms with E-state index in [9.17, 15) is 13.2 Å². The average Bonchev–Trinajstić information content (AvgIpc) is 3.27. The Morgan fingerprint density at radius 3 is 2.66 bits per heavy atom. The highest BCUT2D eigenvalue weighted by molar-refractivity contribution is 7.91. The maximum Gasteiger partial charge on any atom is 0.253 e. The fourth-order valence-electron chi connectivity index (χ4n) is 3.53. The van der Waals surface area contributed by atoms with E-state index in [-0.39, 0.29) is 23.5 Å². The summed E-state index contributed by atoms with van der Waals surface area (Å²) in [6.07, 6.45) is 4.44. The van der Waals surface area contributed by atoms with Crippen molar-refractivity contribution >= 4 is 21.4 Å². The van der Waals surface area contributed by atoms with Crippen molar-refractivity contribution in [2.45, 2.75) is 26.0 Å². The van der Waals surface area contributed by atoms with E-state index in [1.807, 2.05) is 35.9 Å². The largest absolute Gasteiger partial charge is 0.487 e. The molecule has 0 aliphatic carbocycles. The molecule has 1 saturated heterocycles. The molecule has 0 saturated carbocycles. The summed E-state index contributed by atoms with van der Waals surface area (Å²) in [7, 11) is -1.37. The molecule has 1 aliphatic rings. The van der Waals surface area contributed by atoms with Crippen LogP contribution in [0.2, 0.25) is 0 Å². The van der Waals surface area contributed by atoms with E-state index in [0.717, 1.165) is 16.9 Å². The number of ether oxygens (including phenoxy) is 1. The molecule has 3 heterocycles. The van der Waals surface area contributed by atoms with Gasteiger partial charge in [-0.1, -0.05) is 6.07 Å². The summed E-state index contributed by atoms with van der Waals surface area (Å²) in [5, 5.41) is 0. The quantitative estimate of drug-likeness (QED) is 0.642. The Hall–Kier alpha value is -2.87. The van der Waals surface area contributed by atoms with Crippen molar-refractivity contribution in [2.75, 3.05) is 18.6 Å². The number of benzene rings is 1. The van der Waals surface area contributed by atoms with E-state index in [2.05, 4.69) is 4.98 Å². The second-order valence-electron chi connectivity index (χ2n) is 7.49. The molecule has 0 unspecified atom stereocenters. The Balaban J connectivity index is 1.38. The lowest BCUT2D eigenvalue weighted by Gasteiger charge is -2.23. The van der Waals surface area contributed by atoms with Crippen LogP contribution in [-0.2, 0) is 16.4 Å². The Kier molecular flexibility index (Phi) is 5.04. The molecule has 1 fully saturated rings. The molecule has 8 heteroatoms. The van der Waals surface area contributed by atoms with Gasteiger partial charge in [-0.05, 0) is 49.2 Å². The van der Waals surface area contributed by atoms with Crippen LogP contribution in [0.5, 0.6) is 5.75 Å². The van der Waals surface area contributed by atoms with Gasteiger partial charge in [0.05, 0.1) is 17.2 Å². The number of aryl methyl sites for hydroxylation is 1. The Labute approximate surface area is 169 Å². The van der Waals surface area contributed by atoms with Crippen LogP contribution in [0, 0.1) is 6.92 Å². The molecule has 7 nitrogen and oxygen atoms in total. The zero-order valence-electron chi connectivity index (χ0n) is 16.4. The van der Waals surface area contributed by atoms with Gasteiger partial charge in [0.2, 0.25) is 0 Å². The third-order valence-corrected chi connectivity index (χ3v) is 6.96. The van der Waals surface area contributed by atoms with E-state index >= 15 is 0 Å². The second kappa shape index (κ2) is 7.51. The summed E-state index contributed by atoms with van der Waals surface area (Å²) in [6, 6.07) is 10.6. The molecule has 2 aromatic heterocycles. The molecule has 29 heavy (non-hydrogen) atoms. The van der Waals surface area contributed by atoms with Gasteiger partial charge in [0.25, 0.3) is 5.91 Å². The average molecular weight is 413 g/mol. The molecule has 1 atom stereocenters. The highest BCUT2D eigenvalue weighted by Crippen LogP contribution is 2.20. The predicted molar refractivity (Wildman–Crippen MR) is 110 cm³/mol. The van der Waals surface area contributed by atoms with E-state index < -0.39 is 9.84 Å². The monoisotopic (exact) mass is 413 g/mol. The predicted octanol–water partition coefficient (Wildman–Crippen LogP) is 2.48. The van der Waals surface area contributed by atoms with Crippen molar-refractivity contribution in [3.05, 3.63) is 65.6 Å². The van der Waals surface area contributed by atoms with Crippen molar-refractivity contribution in [3.8, 4) is 5.75 Å². The molecule has 0 bridgehead atoms. The summed E-state index contributed by atoms with van der Waals surface area (Å²) in [5.41, 5.74) is 3.35. The van der Waals surface area contributed by atoms with Gasteiger partial charge in [-0.25, -0.2) is 13.4 Å². The lowest BCUT2D eigenvalue weighted by molar-refractivity contribution is 0.0747. The molecule has 1 aliphatic heterocycles. The molecule has 0 spiro atoms. The Bertz CT molecular complexity index is 1150. The summed E-state index contributed by atoms with van der Waals surface area (Å²) in [4.78, 5) is 18.7. The fourth-order valence-corrected chi connectivity index (χ4v) is 5.30. The summed E-state index contributed by atoms with van der Waals surface area (Å²) >= 11 is 0. The smallest absolute Gasteiger partial charge is 0.253 e. The van der Waals surface area contributed by atoms with Crippen LogP contribution in [0.15, 0.2) is 48.8 Å². The number of pyridine rings is 1. The summed E-state index contributed by atoms with van der Waals surface area (Å²) < 4.78 is 31.1. The maximum atomic E-state index is 12.6. The highest BCUT2D eigenvalue weighted by atomic mass is 32.2.